The molecule has 2 rings (SSSR count). The first kappa shape index (κ1) is 14.2. The minimum atomic E-state index is -0.267. The monoisotopic (exact) mass is 273 g/mol. The maximum Gasteiger partial charge on any atom is 0.228 e. The average molecular weight is 273 g/mol. The molecule has 1 aromatic carbocycles. The number of aryl methyl sites for hydroxylation is 1. The fourth-order valence-corrected chi connectivity index (χ4v) is 1.74. The third-order valence-electron chi connectivity index (χ3n) is 3.23. The van der Waals surface area contributed by atoms with Crippen LogP contribution in [0.4, 0.5) is 5.69 Å². The van der Waals surface area contributed by atoms with E-state index >= 15 is 0 Å². The number of hydrogen-bond acceptors (Lipinski definition) is 4. The van der Waals surface area contributed by atoms with Crippen molar-refractivity contribution in [2.24, 2.45) is 11.7 Å². The molecule has 4 N–H and O–H groups in total. The highest BCUT2D eigenvalue weighted by Crippen LogP contribution is 2.25. The van der Waals surface area contributed by atoms with Crippen LogP contribution in [-0.2, 0) is 4.79 Å². The van der Waals surface area contributed by atoms with Gasteiger partial charge >= 0.3 is 0 Å². The fourth-order valence-electron chi connectivity index (χ4n) is 1.74. The van der Waals surface area contributed by atoms with Crippen molar-refractivity contribution in [3.63, 3.8) is 0 Å². The lowest BCUT2D eigenvalue weighted by atomic mass is 10.0. The Morgan fingerprint density at radius 3 is 2.65 bits per heavy atom. The summed E-state index contributed by atoms with van der Waals surface area (Å²) in [5.74, 6) is 0.911. The van der Waals surface area contributed by atoms with Crippen molar-refractivity contribution in [2.45, 2.75) is 26.8 Å². The first-order valence-corrected chi connectivity index (χ1v) is 6.54. The van der Waals surface area contributed by atoms with Crippen molar-refractivity contribution in [3.8, 4) is 11.4 Å². The second-order valence-electron chi connectivity index (χ2n) is 4.93. The number of hydrogen-bond donors (Lipinski definition) is 3. The summed E-state index contributed by atoms with van der Waals surface area (Å²) in [6.07, 6.45) is 0. The molecule has 0 saturated carbocycles. The highest BCUT2D eigenvalue weighted by atomic mass is 16.1. The third kappa shape index (κ3) is 3.03. The Balaban J connectivity index is 2.27. The Hall–Kier alpha value is -2.21. The minimum absolute atomic E-state index is 0.111. The van der Waals surface area contributed by atoms with Crippen LogP contribution in [0.1, 0.15) is 19.7 Å². The lowest BCUT2D eigenvalue weighted by molar-refractivity contribution is -0.119. The highest BCUT2D eigenvalue weighted by molar-refractivity contribution is 5.96. The van der Waals surface area contributed by atoms with Crippen molar-refractivity contribution in [2.75, 3.05) is 5.32 Å². The largest absolute Gasteiger partial charge is 0.327 e. The van der Waals surface area contributed by atoms with Crippen molar-refractivity contribution in [1.82, 2.24) is 15.2 Å². The zero-order chi connectivity index (χ0) is 14.7. The van der Waals surface area contributed by atoms with Gasteiger partial charge in [-0.25, -0.2) is 4.98 Å². The van der Waals surface area contributed by atoms with Crippen LogP contribution in [0.3, 0.4) is 0 Å². The van der Waals surface area contributed by atoms with Gasteiger partial charge in [0.25, 0.3) is 0 Å². The van der Waals surface area contributed by atoms with E-state index in [1.54, 1.807) is 6.92 Å². The van der Waals surface area contributed by atoms with Gasteiger partial charge in [-0.2, -0.15) is 5.10 Å². The lowest BCUT2D eigenvalue weighted by Gasteiger charge is -2.16. The molecule has 1 amide bonds. The number of nitrogens with one attached hydrogen (secondary N) is 2. The number of carbonyl (C=O) groups is 1. The standard InChI is InChI=1S/C14H19N5O/c1-8(9(2)15)14(20)17-12-7-5-4-6-11(12)13-16-10(3)18-19-13/h4-9H,15H2,1-3H3,(H,17,20)(H,16,18,19). The second-order valence-corrected chi connectivity index (χ2v) is 4.93. The molecule has 0 spiro atoms. The highest BCUT2D eigenvalue weighted by Gasteiger charge is 2.19. The van der Waals surface area contributed by atoms with Gasteiger partial charge in [0, 0.05) is 11.6 Å². The molecule has 2 aromatic rings. The van der Waals surface area contributed by atoms with E-state index in [4.69, 9.17) is 5.73 Å². The summed E-state index contributed by atoms with van der Waals surface area (Å²) < 4.78 is 0. The van der Waals surface area contributed by atoms with Gasteiger partial charge in [-0.05, 0) is 26.0 Å². The Bertz CT molecular complexity index is 605. The van der Waals surface area contributed by atoms with Gasteiger partial charge in [0.15, 0.2) is 5.82 Å². The number of anilines is 1. The molecule has 2 unspecified atom stereocenters. The molecule has 1 aromatic heterocycles. The maximum absolute atomic E-state index is 12.1. The zero-order valence-corrected chi connectivity index (χ0v) is 11.8. The van der Waals surface area contributed by atoms with Crippen LogP contribution in [0.25, 0.3) is 11.4 Å². The molecule has 20 heavy (non-hydrogen) atoms. The van der Waals surface area contributed by atoms with E-state index in [-0.39, 0.29) is 17.9 Å². The molecule has 0 saturated heterocycles. The Labute approximate surface area is 117 Å². The quantitative estimate of drug-likeness (QED) is 0.790. The number of nitrogens with two attached hydrogens (primary N) is 1. The molecule has 6 heteroatoms. The molecular weight excluding hydrogens is 254 g/mol. The summed E-state index contributed by atoms with van der Waals surface area (Å²) in [6, 6.07) is 7.23. The molecule has 6 nitrogen and oxygen atoms in total. The molecule has 0 aliphatic carbocycles. The van der Waals surface area contributed by atoms with E-state index < -0.39 is 0 Å². The van der Waals surface area contributed by atoms with E-state index in [1.807, 2.05) is 38.1 Å². The number of aromatic nitrogens is 3. The third-order valence-corrected chi connectivity index (χ3v) is 3.23. The summed E-state index contributed by atoms with van der Waals surface area (Å²) in [5, 5.41) is 9.80. The number of amides is 1. The van der Waals surface area contributed by atoms with Gasteiger partial charge < -0.3 is 11.1 Å². The van der Waals surface area contributed by atoms with Gasteiger partial charge in [-0.15, -0.1) is 0 Å². The van der Waals surface area contributed by atoms with Crippen LogP contribution in [0.2, 0.25) is 0 Å². The molecule has 0 aliphatic heterocycles. The van der Waals surface area contributed by atoms with Gasteiger partial charge in [0.05, 0.1) is 11.6 Å². The molecule has 1 heterocycles. The molecule has 0 radical (unpaired) electrons. The number of para-hydroxylation sites is 1. The van der Waals surface area contributed by atoms with Gasteiger partial charge in [0.2, 0.25) is 5.91 Å². The maximum atomic E-state index is 12.1. The first-order valence-electron chi connectivity index (χ1n) is 6.54. The zero-order valence-electron chi connectivity index (χ0n) is 11.8. The Morgan fingerprint density at radius 1 is 1.35 bits per heavy atom. The SMILES string of the molecule is Cc1nc(-c2ccccc2NC(=O)C(C)C(C)N)n[nH]1. The van der Waals surface area contributed by atoms with Gasteiger partial charge in [-0.1, -0.05) is 19.1 Å². The minimum Gasteiger partial charge on any atom is -0.327 e. The Morgan fingerprint density at radius 2 is 2.05 bits per heavy atom. The van der Waals surface area contributed by atoms with Crippen LogP contribution in [0, 0.1) is 12.8 Å². The fraction of sp³-hybridized carbons (Fsp3) is 0.357. The van der Waals surface area contributed by atoms with E-state index in [2.05, 4.69) is 20.5 Å². The number of benzene rings is 1. The number of aromatic amines is 1. The molecular formula is C14H19N5O. The van der Waals surface area contributed by atoms with Crippen LogP contribution >= 0.6 is 0 Å². The van der Waals surface area contributed by atoms with Crippen LogP contribution in [-0.4, -0.2) is 27.1 Å². The second kappa shape index (κ2) is 5.83. The van der Waals surface area contributed by atoms with E-state index in [1.165, 1.54) is 0 Å². The summed E-state index contributed by atoms with van der Waals surface area (Å²) in [7, 11) is 0. The van der Waals surface area contributed by atoms with Crippen LogP contribution in [0.15, 0.2) is 24.3 Å². The molecule has 106 valence electrons. The average Bonchev–Trinajstić information content (AvgIpc) is 2.84. The summed E-state index contributed by atoms with van der Waals surface area (Å²) >= 11 is 0. The van der Waals surface area contributed by atoms with Crippen molar-refractivity contribution < 1.29 is 4.79 Å². The van der Waals surface area contributed by atoms with Crippen LogP contribution in [0.5, 0.6) is 0 Å². The molecule has 2 atom stereocenters. The smallest absolute Gasteiger partial charge is 0.228 e. The number of rotatable bonds is 4. The Kier molecular flexibility index (Phi) is 4.14. The molecule has 0 bridgehead atoms. The lowest BCUT2D eigenvalue weighted by Crippen LogP contribution is -2.34. The van der Waals surface area contributed by atoms with E-state index in [0.717, 1.165) is 11.4 Å². The van der Waals surface area contributed by atoms with E-state index in [9.17, 15) is 4.79 Å². The topological polar surface area (TPSA) is 96.7 Å². The van der Waals surface area contributed by atoms with Gasteiger partial charge in [-0.3, -0.25) is 9.89 Å². The summed E-state index contributed by atoms with van der Waals surface area (Å²) in [4.78, 5) is 16.4. The normalized spacial score (nSPS) is 13.8. The van der Waals surface area contributed by atoms with Crippen LogP contribution < -0.4 is 11.1 Å². The van der Waals surface area contributed by atoms with Crippen molar-refractivity contribution in [1.29, 1.82) is 0 Å². The van der Waals surface area contributed by atoms with Crippen molar-refractivity contribution in [3.05, 3.63) is 30.1 Å². The number of nitrogens with zero attached hydrogens (tertiary/aromatic N) is 2. The predicted molar refractivity (Wildman–Crippen MR) is 78.0 cm³/mol. The molecule has 0 aliphatic rings. The molecule has 0 fully saturated rings. The van der Waals surface area contributed by atoms with Gasteiger partial charge in [0.1, 0.15) is 5.82 Å². The summed E-state index contributed by atoms with van der Waals surface area (Å²) in [5.41, 5.74) is 7.22. The predicted octanol–water partition coefficient (Wildman–Crippen LogP) is 1.70. The number of carbonyl (C=O) groups excluding carboxylic acids is 1. The van der Waals surface area contributed by atoms with Crippen molar-refractivity contribution >= 4 is 11.6 Å². The van der Waals surface area contributed by atoms with E-state index in [0.29, 0.717) is 11.5 Å². The number of H-pyrrole nitrogens is 1. The first-order chi connectivity index (χ1) is 9.49. The summed E-state index contributed by atoms with van der Waals surface area (Å²) in [6.45, 7) is 5.45.